The van der Waals surface area contributed by atoms with Gasteiger partial charge in [0.15, 0.2) is 0 Å². The van der Waals surface area contributed by atoms with Crippen LogP contribution in [0.5, 0.6) is 0 Å². The molecule has 2 aromatic rings. The third-order valence-electron chi connectivity index (χ3n) is 2.88. The fraction of sp³-hybridized carbons (Fsp3) is 0.0769. The van der Waals surface area contributed by atoms with E-state index >= 15 is 0 Å². The van der Waals surface area contributed by atoms with E-state index < -0.39 is 11.7 Å². The number of halogens is 2. The number of thiophene rings is 1. The lowest BCUT2D eigenvalue weighted by atomic mass is 10.1. The quantitative estimate of drug-likeness (QED) is 0.714. The number of rotatable bonds is 2. The van der Waals surface area contributed by atoms with Crippen molar-refractivity contribution >= 4 is 60.6 Å². The molecule has 0 N–H and O–H groups in total. The number of nitrogens with zero attached hydrogens (tertiary/aromatic N) is 1. The average molecular weight is 401 g/mol. The molecule has 0 aliphatic carbocycles. The smallest absolute Gasteiger partial charge is 0.298 e. The molecule has 1 aromatic heterocycles. The minimum absolute atomic E-state index is 0.413. The molecular formula is C13H7Br2NO2S. The fourth-order valence-corrected chi connectivity index (χ4v) is 4.07. The van der Waals surface area contributed by atoms with Crippen molar-refractivity contribution in [1.82, 2.24) is 0 Å². The van der Waals surface area contributed by atoms with Gasteiger partial charge in [-0.2, -0.15) is 0 Å². The Morgan fingerprint density at radius 2 is 2.00 bits per heavy atom. The Kier molecular flexibility index (Phi) is 3.32. The van der Waals surface area contributed by atoms with Gasteiger partial charge in [0, 0.05) is 19.2 Å². The third-order valence-corrected chi connectivity index (χ3v) is 5.20. The van der Waals surface area contributed by atoms with Gasteiger partial charge in [0.25, 0.3) is 11.7 Å². The summed E-state index contributed by atoms with van der Waals surface area (Å²) in [6.45, 7) is 0.413. The van der Waals surface area contributed by atoms with Gasteiger partial charge in [0.2, 0.25) is 0 Å². The molecule has 1 aliphatic rings. The Hall–Kier alpha value is -0.980. The third kappa shape index (κ3) is 2.17. The zero-order valence-electron chi connectivity index (χ0n) is 9.52. The highest BCUT2D eigenvalue weighted by molar-refractivity contribution is 9.10. The Bertz CT molecular complexity index is 696. The van der Waals surface area contributed by atoms with Crippen LogP contribution in [0.1, 0.15) is 15.2 Å². The molecule has 3 rings (SSSR count). The van der Waals surface area contributed by atoms with Gasteiger partial charge < -0.3 is 0 Å². The molecule has 2 heterocycles. The molecule has 0 saturated heterocycles. The van der Waals surface area contributed by atoms with Crippen LogP contribution < -0.4 is 4.90 Å². The molecule has 1 aliphatic heterocycles. The zero-order chi connectivity index (χ0) is 13.6. The summed E-state index contributed by atoms with van der Waals surface area (Å²) < 4.78 is 1.75. The highest BCUT2D eigenvalue weighted by atomic mass is 79.9. The molecular weight excluding hydrogens is 394 g/mol. The average Bonchev–Trinajstić information content (AvgIpc) is 2.89. The predicted molar refractivity (Wildman–Crippen MR) is 81.7 cm³/mol. The van der Waals surface area contributed by atoms with Crippen LogP contribution in [-0.2, 0) is 11.3 Å². The minimum atomic E-state index is -0.466. The summed E-state index contributed by atoms with van der Waals surface area (Å²) in [7, 11) is 0. The van der Waals surface area contributed by atoms with Crippen molar-refractivity contribution in [3.05, 3.63) is 49.0 Å². The van der Waals surface area contributed by atoms with Crippen molar-refractivity contribution in [3.63, 3.8) is 0 Å². The van der Waals surface area contributed by atoms with Gasteiger partial charge in [-0.05, 0) is 50.1 Å². The number of amides is 1. The summed E-state index contributed by atoms with van der Waals surface area (Å²) in [5.41, 5.74) is 1.14. The number of carbonyl (C=O) groups is 2. The van der Waals surface area contributed by atoms with Crippen molar-refractivity contribution < 1.29 is 9.59 Å². The van der Waals surface area contributed by atoms with Crippen LogP contribution in [0.25, 0.3) is 0 Å². The maximum Gasteiger partial charge on any atom is 0.299 e. The number of carbonyl (C=O) groups excluding carboxylic acids is 2. The topological polar surface area (TPSA) is 37.4 Å². The lowest BCUT2D eigenvalue weighted by Gasteiger charge is -2.16. The fourth-order valence-electron chi connectivity index (χ4n) is 2.06. The number of hydrogen-bond donors (Lipinski definition) is 0. The highest BCUT2D eigenvalue weighted by Crippen LogP contribution is 2.37. The largest absolute Gasteiger partial charge is 0.299 e. The number of ketones is 1. The highest BCUT2D eigenvalue weighted by Gasteiger charge is 2.37. The van der Waals surface area contributed by atoms with E-state index in [0.29, 0.717) is 17.8 Å². The number of fused-ring (bicyclic) bond motifs is 1. The van der Waals surface area contributed by atoms with Crippen LogP contribution in [0.3, 0.4) is 0 Å². The van der Waals surface area contributed by atoms with Crippen LogP contribution in [0.15, 0.2) is 38.6 Å². The van der Waals surface area contributed by atoms with Crippen LogP contribution in [0.4, 0.5) is 5.69 Å². The Labute approximate surface area is 130 Å². The summed E-state index contributed by atoms with van der Waals surface area (Å²) in [5, 5.41) is 1.96. The van der Waals surface area contributed by atoms with Gasteiger partial charge in [-0.25, -0.2) is 0 Å². The monoisotopic (exact) mass is 399 g/mol. The number of anilines is 1. The molecule has 3 nitrogen and oxygen atoms in total. The molecule has 0 radical (unpaired) electrons. The molecule has 96 valence electrons. The van der Waals surface area contributed by atoms with Crippen LogP contribution >= 0.6 is 43.2 Å². The van der Waals surface area contributed by atoms with Gasteiger partial charge in [0.1, 0.15) is 0 Å². The van der Waals surface area contributed by atoms with E-state index in [4.69, 9.17) is 0 Å². The Morgan fingerprint density at radius 1 is 1.21 bits per heavy atom. The number of benzene rings is 1. The summed E-state index contributed by atoms with van der Waals surface area (Å²) >= 11 is 8.35. The van der Waals surface area contributed by atoms with E-state index in [1.165, 1.54) is 4.90 Å². The molecule has 0 atom stereocenters. The first-order chi connectivity index (χ1) is 9.08. The van der Waals surface area contributed by atoms with Crippen LogP contribution in [0, 0.1) is 0 Å². The summed E-state index contributed by atoms with van der Waals surface area (Å²) in [6.07, 6.45) is 0. The van der Waals surface area contributed by atoms with Crippen molar-refractivity contribution in [2.45, 2.75) is 6.54 Å². The molecule has 6 heteroatoms. The van der Waals surface area contributed by atoms with Gasteiger partial charge in [-0.15, -0.1) is 11.3 Å². The first-order valence-electron chi connectivity index (χ1n) is 5.45. The van der Waals surface area contributed by atoms with Gasteiger partial charge in [0.05, 0.1) is 17.8 Å². The number of para-hydroxylation sites is 1. The van der Waals surface area contributed by atoms with E-state index in [-0.39, 0.29) is 0 Å². The number of hydrogen-bond acceptors (Lipinski definition) is 3. The lowest BCUT2D eigenvalue weighted by Crippen LogP contribution is -2.28. The maximum absolute atomic E-state index is 12.1. The van der Waals surface area contributed by atoms with Crippen molar-refractivity contribution in [3.8, 4) is 0 Å². The van der Waals surface area contributed by atoms with E-state index in [1.807, 2.05) is 17.5 Å². The van der Waals surface area contributed by atoms with E-state index in [2.05, 4.69) is 31.9 Å². The lowest BCUT2D eigenvalue weighted by molar-refractivity contribution is -0.114. The molecule has 0 unspecified atom stereocenters. The van der Waals surface area contributed by atoms with Gasteiger partial charge in [-0.3, -0.25) is 14.5 Å². The van der Waals surface area contributed by atoms with Gasteiger partial charge >= 0.3 is 0 Å². The molecule has 1 aromatic carbocycles. The number of Topliss-reactive ketones (excluding diaryl/α,β-unsaturated/α-hetero) is 1. The molecule has 0 saturated carbocycles. The first-order valence-corrected chi connectivity index (χ1v) is 7.92. The van der Waals surface area contributed by atoms with E-state index in [1.54, 1.807) is 23.5 Å². The molecule has 0 fully saturated rings. The molecule has 0 bridgehead atoms. The van der Waals surface area contributed by atoms with Gasteiger partial charge in [-0.1, -0.05) is 6.07 Å². The predicted octanol–water partition coefficient (Wildman–Crippen LogP) is 4.00. The molecule has 19 heavy (non-hydrogen) atoms. The van der Waals surface area contributed by atoms with Crippen LogP contribution in [-0.4, -0.2) is 11.7 Å². The van der Waals surface area contributed by atoms with E-state index in [0.717, 1.165) is 13.8 Å². The zero-order valence-corrected chi connectivity index (χ0v) is 13.5. The van der Waals surface area contributed by atoms with Crippen molar-refractivity contribution in [2.24, 2.45) is 0 Å². The summed E-state index contributed by atoms with van der Waals surface area (Å²) in [6, 6.07) is 7.24. The van der Waals surface area contributed by atoms with Crippen molar-refractivity contribution in [1.29, 1.82) is 0 Å². The summed E-state index contributed by atoms with van der Waals surface area (Å²) in [4.78, 5) is 26.6. The molecule has 0 spiro atoms. The second kappa shape index (κ2) is 4.85. The maximum atomic E-state index is 12.1. The van der Waals surface area contributed by atoms with Crippen LogP contribution in [0.2, 0.25) is 0 Å². The Morgan fingerprint density at radius 3 is 2.68 bits per heavy atom. The van der Waals surface area contributed by atoms with Crippen molar-refractivity contribution in [2.75, 3.05) is 4.90 Å². The Balaban J connectivity index is 2.04. The minimum Gasteiger partial charge on any atom is -0.298 e. The summed E-state index contributed by atoms with van der Waals surface area (Å²) in [5.74, 6) is -0.904. The first kappa shape index (κ1) is 13.0. The normalized spacial score (nSPS) is 14.1. The second-order valence-corrected chi connectivity index (χ2v) is 6.85. The SMILES string of the molecule is O=C1C(=O)N(Cc2cc(Br)cs2)c2c(Br)cccc21. The standard InChI is InChI=1S/C13H7Br2NO2S/c14-7-4-8(19-6-7)5-16-11-9(12(17)13(16)18)2-1-3-10(11)15/h1-4,6H,5H2. The molecule has 1 amide bonds. The second-order valence-electron chi connectivity index (χ2n) is 4.09. The van der Waals surface area contributed by atoms with E-state index in [9.17, 15) is 9.59 Å².